The molecule has 1 aliphatic rings. The molecule has 0 saturated heterocycles. The van der Waals surface area contributed by atoms with Gasteiger partial charge in [-0.15, -0.1) is 12.4 Å². The van der Waals surface area contributed by atoms with Crippen LogP contribution in [0.3, 0.4) is 0 Å². The largest absolute Gasteiger partial charge is 0.466 e. The van der Waals surface area contributed by atoms with E-state index in [9.17, 15) is 9.90 Å². The number of carbonyl (C=O) groups is 1. The Morgan fingerprint density at radius 2 is 2.07 bits per heavy atom. The highest BCUT2D eigenvalue weighted by molar-refractivity contribution is 5.85. The molecule has 0 atom stereocenters. The molecule has 0 unspecified atom stereocenters. The summed E-state index contributed by atoms with van der Waals surface area (Å²) in [5.74, 6) is -0.173. The lowest BCUT2D eigenvalue weighted by atomic mass is 9.79. The van der Waals surface area contributed by atoms with Gasteiger partial charge < -0.3 is 15.6 Å². The van der Waals surface area contributed by atoms with Gasteiger partial charge in [-0.1, -0.05) is 0 Å². The lowest BCUT2D eigenvalue weighted by molar-refractivity contribution is -0.150. The van der Waals surface area contributed by atoms with Gasteiger partial charge in [-0.05, 0) is 32.6 Å². The van der Waals surface area contributed by atoms with Crippen LogP contribution in [0.1, 0.15) is 32.6 Å². The Labute approximate surface area is 96.6 Å². The summed E-state index contributed by atoms with van der Waals surface area (Å²) in [5.41, 5.74) is 4.70. The topological polar surface area (TPSA) is 72.5 Å². The van der Waals surface area contributed by atoms with E-state index in [0.29, 0.717) is 32.3 Å². The van der Waals surface area contributed by atoms with Gasteiger partial charge in [0.2, 0.25) is 0 Å². The maximum Gasteiger partial charge on any atom is 0.308 e. The highest BCUT2D eigenvalue weighted by Crippen LogP contribution is 2.31. The second-order valence-electron chi connectivity index (χ2n) is 3.95. The fourth-order valence-electron chi connectivity index (χ4n) is 1.86. The van der Waals surface area contributed by atoms with Crippen LogP contribution in [0.5, 0.6) is 0 Å². The third-order valence-electron chi connectivity index (χ3n) is 2.92. The molecule has 3 N–H and O–H groups in total. The van der Waals surface area contributed by atoms with E-state index in [4.69, 9.17) is 10.5 Å². The van der Waals surface area contributed by atoms with Crippen molar-refractivity contribution in [3.05, 3.63) is 0 Å². The van der Waals surface area contributed by atoms with Crippen molar-refractivity contribution in [2.75, 3.05) is 13.2 Å². The molecule has 0 aromatic heterocycles. The second kappa shape index (κ2) is 6.30. The molecule has 0 aromatic carbocycles. The SMILES string of the molecule is CCOC(=O)C1CCC(O)(CN)CC1.Cl. The minimum absolute atomic E-state index is 0. The molecule has 4 nitrogen and oxygen atoms in total. The molecule has 1 saturated carbocycles. The molecule has 15 heavy (non-hydrogen) atoms. The maximum absolute atomic E-state index is 11.4. The first-order valence-electron chi connectivity index (χ1n) is 5.20. The summed E-state index contributed by atoms with van der Waals surface area (Å²) in [6.45, 7) is 2.51. The number of nitrogens with two attached hydrogens (primary N) is 1. The molecular formula is C10H20ClNO3. The van der Waals surface area contributed by atoms with Crippen LogP contribution in [0.2, 0.25) is 0 Å². The van der Waals surface area contributed by atoms with Crippen molar-refractivity contribution in [3.8, 4) is 0 Å². The molecule has 0 amide bonds. The Bertz CT molecular complexity index is 203. The van der Waals surface area contributed by atoms with Crippen LogP contribution >= 0.6 is 12.4 Å². The average molecular weight is 238 g/mol. The quantitative estimate of drug-likeness (QED) is 0.714. The summed E-state index contributed by atoms with van der Waals surface area (Å²) in [6.07, 6.45) is 2.58. The zero-order chi connectivity index (χ0) is 10.6. The minimum Gasteiger partial charge on any atom is -0.466 e. The first-order valence-corrected chi connectivity index (χ1v) is 5.20. The summed E-state index contributed by atoms with van der Waals surface area (Å²) >= 11 is 0. The Morgan fingerprint density at radius 1 is 1.53 bits per heavy atom. The highest BCUT2D eigenvalue weighted by atomic mass is 35.5. The van der Waals surface area contributed by atoms with Gasteiger partial charge in [0.25, 0.3) is 0 Å². The zero-order valence-corrected chi connectivity index (χ0v) is 9.89. The summed E-state index contributed by atoms with van der Waals surface area (Å²) < 4.78 is 4.93. The standard InChI is InChI=1S/C10H19NO3.ClH/c1-2-14-9(12)8-3-5-10(13,7-11)6-4-8;/h8,13H,2-7,11H2,1H3;1H. The van der Waals surface area contributed by atoms with Crippen LogP contribution < -0.4 is 5.73 Å². The average Bonchev–Trinajstić information content (AvgIpc) is 2.19. The normalized spacial score (nSPS) is 30.5. The molecule has 0 aromatic rings. The third kappa shape index (κ3) is 3.97. The lowest BCUT2D eigenvalue weighted by Crippen LogP contribution is -2.42. The number of ether oxygens (including phenoxy) is 1. The molecule has 0 radical (unpaired) electrons. The van der Waals surface area contributed by atoms with E-state index in [0.717, 1.165) is 0 Å². The fraction of sp³-hybridized carbons (Fsp3) is 0.900. The Kier molecular flexibility index (Phi) is 6.17. The van der Waals surface area contributed by atoms with Crippen molar-refractivity contribution in [1.29, 1.82) is 0 Å². The predicted octanol–water partition coefficient (Wildman–Crippen LogP) is 0.851. The van der Waals surface area contributed by atoms with Crippen molar-refractivity contribution in [1.82, 2.24) is 0 Å². The summed E-state index contributed by atoms with van der Waals surface area (Å²) in [4.78, 5) is 11.4. The van der Waals surface area contributed by atoms with E-state index >= 15 is 0 Å². The molecule has 90 valence electrons. The summed E-state index contributed by atoms with van der Waals surface area (Å²) in [7, 11) is 0. The van der Waals surface area contributed by atoms with Gasteiger partial charge in [0.15, 0.2) is 0 Å². The van der Waals surface area contributed by atoms with Gasteiger partial charge in [-0.25, -0.2) is 0 Å². The van der Waals surface area contributed by atoms with Crippen LogP contribution in [-0.2, 0) is 9.53 Å². The third-order valence-corrected chi connectivity index (χ3v) is 2.92. The van der Waals surface area contributed by atoms with Crippen molar-refractivity contribution in [3.63, 3.8) is 0 Å². The van der Waals surface area contributed by atoms with E-state index in [-0.39, 0.29) is 30.8 Å². The van der Waals surface area contributed by atoms with Gasteiger partial charge in [-0.3, -0.25) is 4.79 Å². The van der Waals surface area contributed by atoms with E-state index in [1.165, 1.54) is 0 Å². The molecule has 0 spiro atoms. The smallest absolute Gasteiger partial charge is 0.308 e. The van der Waals surface area contributed by atoms with E-state index in [2.05, 4.69) is 0 Å². The lowest BCUT2D eigenvalue weighted by Gasteiger charge is -2.33. The Hall–Kier alpha value is -0.320. The van der Waals surface area contributed by atoms with Crippen LogP contribution in [0.25, 0.3) is 0 Å². The Morgan fingerprint density at radius 3 is 2.47 bits per heavy atom. The number of hydrogen-bond donors (Lipinski definition) is 2. The molecule has 5 heteroatoms. The van der Waals surface area contributed by atoms with Gasteiger partial charge >= 0.3 is 5.97 Å². The molecule has 0 heterocycles. The molecule has 0 aliphatic heterocycles. The molecular weight excluding hydrogens is 218 g/mol. The van der Waals surface area contributed by atoms with Crippen LogP contribution in [0, 0.1) is 5.92 Å². The summed E-state index contributed by atoms with van der Waals surface area (Å²) in [5, 5.41) is 9.83. The van der Waals surface area contributed by atoms with Crippen molar-refractivity contribution in [2.24, 2.45) is 11.7 Å². The number of halogens is 1. The number of aliphatic hydroxyl groups is 1. The Balaban J connectivity index is 0.00000196. The number of hydrogen-bond acceptors (Lipinski definition) is 4. The molecule has 1 rings (SSSR count). The fourth-order valence-corrected chi connectivity index (χ4v) is 1.86. The minimum atomic E-state index is -0.747. The predicted molar refractivity (Wildman–Crippen MR) is 59.8 cm³/mol. The van der Waals surface area contributed by atoms with Crippen LogP contribution in [-0.4, -0.2) is 29.8 Å². The van der Waals surface area contributed by atoms with E-state index < -0.39 is 5.60 Å². The van der Waals surface area contributed by atoms with Crippen LogP contribution in [0.4, 0.5) is 0 Å². The van der Waals surface area contributed by atoms with Gasteiger partial charge in [0.1, 0.15) is 0 Å². The number of esters is 1. The first kappa shape index (κ1) is 14.7. The van der Waals surface area contributed by atoms with Gasteiger partial charge in [0.05, 0.1) is 18.1 Å². The van der Waals surface area contributed by atoms with Gasteiger partial charge in [0, 0.05) is 6.54 Å². The van der Waals surface area contributed by atoms with Crippen LogP contribution in [0.15, 0.2) is 0 Å². The molecule has 1 fully saturated rings. The first-order chi connectivity index (χ1) is 6.61. The van der Waals surface area contributed by atoms with Gasteiger partial charge in [-0.2, -0.15) is 0 Å². The molecule has 0 bridgehead atoms. The molecule has 1 aliphatic carbocycles. The second-order valence-corrected chi connectivity index (χ2v) is 3.95. The number of carbonyl (C=O) groups excluding carboxylic acids is 1. The van der Waals surface area contributed by atoms with Crippen molar-refractivity contribution >= 4 is 18.4 Å². The van der Waals surface area contributed by atoms with E-state index in [1.54, 1.807) is 6.92 Å². The zero-order valence-electron chi connectivity index (χ0n) is 9.07. The monoisotopic (exact) mass is 237 g/mol. The number of rotatable bonds is 3. The van der Waals surface area contributed by atoms with E-state index in [1.807, 2.05) is 0 Å². The maximum atomic E-state index is 11.4. The summed E-state index contributed by atoms with van der Waals surface area (Å²) in [6, 6.07) is 0. The van der Waals surface area contributed by atoms with Crippen molar-refractivity contribution < 1.29 is 14.6 Å². The van der Waals surface area contributed by atoms with Crippen molar-refractivity contribution in [2.45, 2.75) is 38.2 Å². The highest BCUT2D eigenvalue weighted by Gasteiger charge is 2.35.